The van der Waals surface area contributed by atoms with Crippen LogP contribution in [0.4, 0.5) is 0 Å². The van der Waals surface area contributed by atoms with Gasteiger partial charge in [0.1, 0.15) is 0 Å². The van der Waals surface area contributed by atoms with Gasteiger partial charge < -0.3 is 20.4 Å². The van der Waals surface area contributed by atoms with Crippen molar-refractivity contribution in [1.82, 2.24) is 20.4 Å². The van der Waals surface area contributed by atoms with Crippen molar-refractivity contribution in [3.63, 3.8) is 0 Å². The van der Waals surface area contributed by atoms with Gasteiger partial charge in [-0.2, -0.15) is 0 Å². The van der Waals surface area contributed by atoms with E-state index in [2.05, 4.69) is 34.3 Å². The first-order valence-electron chi connectivity index (χ1n) is 10.9. The van der Waals surface area contributed by atoms with Gasteiger partial charge >= 0.3 is 0 Å². The van der Waals surface area contributed by atoms with Crippen molar-refractivity contribution in [2.45, 2.75) is 52.4 Å². The number of hydrogen-bond acceptors (Lipinski definition) is 4. The van der Waals surface area contributed by atoms with E-state index >= 15 is 0 Å². The Morgan fingerprint density at radius 2 is 1.11 bits per heavy atom. The second kappa shape index (κ2) is 16.3. The zero-order chi connectivity index (χ0) is 20.5. The average Bonchev–Trinajstić information content (AvgIpc) is 2.70. The van der Waals surface area contributed by atoms with Crippen molar-refractivity contribution in [3.05, 3.63) is 24.3 Å². The minimum atomic E-state index is 0.114. The fourth-order valence-electron chi connectivity index (χ4n) is 3.16. The minimum Gasteiger partial charge on any atom is -0.356 e. The fourth-order valence-corrected chi connectivity index (χ4v) is 3.16. The van der Waals surface area contributed by atoms with E-state index in [-0.39, 0.29) is 11.8 Å². The lowest BCUT2D eigenvalue weighted by molar-refractivity contribution is -0.121. The lowest BCUT2D eigenvalue weighted by atomic mass is 10.2. The molecule has 0 unspecified atom stereocenters. The average molecular weight is 393 g/mol. The fraction of sp³-hybridized carbons (Fsp3) is 0.727. The summed E-state index contributed by atoms with van der Waals surface area (Å²) >= 11 is 0. The normalized spacial score (nSPS) is 16.1. The molecule has 0 spiro atoms. The van der Waals surface area contributed by atoms with E-state index in [1.54, 1.807) is 0 Å². The largest absolute Gasteiger partial charge is 0.356 e. The van der Waals surface area contributed by atoms with Crippen molar-refractivity contribution in [2.24, 2.45) is 0 Å². The van der Waals surface area contributed by atoms with Gasteiger partial charge in [-0.3, -0.25) is 9.59 Å². The molecular weight excluding hydrogens is 352 g/mol. The van der Waals surface area contributed by atoms with Gasteiger partial charge in [0, 0.05) is 52.1 Å². The molecule has 0 saturated carbocycles. The standard InChI is InChI=1S/C22H40N4O2/c1-3-5-7-11-21(27)23-13-9-15-25-17-19-26(20-18-25)16-10-14-24-22(28)12-8-6-4-2/h5-8H,3-4,9-20H2,1-2H3,(H,23,27)(H,24,28)/b7-5-,8-6-. The van der Waals surface area contributed by atoms with E-state index < -0.39 is 0 Å². The highest BCUT2D eigenvalue weighted by molar-refractivity contribution is 5.77. The minimum absolute atomic E-state index is 0.114. The summed E-state index contributed by atoms with van der Waals surface area (Å²) in [5, 5.41) is 5.97. The molecule has 1 rings (SSSR count). The first-order valence-corrected chi connectivity index (χ1v) is 10.9. The van der Waals surface area contributed by atoms with Gasteiger partial charge in [-0.05, 0) is 38.8 Å². The summed E-state index contributed by atoms with van der Waals surface area (Å²) in [6.07, 6.45) is 12.9. The topological polar surface area (TPSA) is 64.7 Å². The molecule has 1 heterocycles. The number of piperazine rings is 1. The van der Waals surface area contributed by atoms with Crippen LogP contribution in [0, 0.1) is 0 Å². The molecule has 0 bridgehead atoms. The second-order valence-corrected chi connectivity index (χ2v) is 7.26. The van der Waals surface area contributed by atoms with Gasteiger partial charge in [0.2, 0.25) is 11.8 Å². The zero-order valence-electron chi connectivity index (χ0n) is 17.9. The zero-order valence-corrected chi connectivity index (χ0v) is 17.9. The van der Waals surface area contributed by atoms with Crippen LogP contribution in [0.3, 0.4) is 0 Å². The molecule has 1 fully saturated rings. The van der Waals surface area contributed by atoms with Crippen LogP contribution in [0.2, 0.25) is 0 Å². The molecule has 6 heteroatoms. The van der Waals surface area contributed by atoms with Crippen molar-refractivity contribution < 1.29 is 9.59 Å². The van der Waals surface area contributed by atoms with Crippen LogP contribution in [0.5, 0.6) is 0 Å². The number of allylic oxidation sites excluding steroid dienone is 2. The molecule has 28 heavy (non-hydrogen) atoms. The Hall–Kier alpha value is -1.66. The molecular formula is C22H40N4O2. The highest BCUT2D eigenvalue weighted by Crippen LogP contribution is 2.03. The predicted molar refractivity (Wildman–Crippen MR) is 116 cm³/mol. The van der Waals surface area contributed by atoms with E-state index in [0.717, 1.165) is 78.0 Å². The van der Waals surface area contributed by atoms with Crippen LogP contribution in [0.15, 0.2) is 24.3 Å². The number of amides is 2. The molecule has 0 aromatic heterocycles. The molecule has 2 N–H and O–H groups in total. The number of rotatable bonds is 14. The lowest BCUT2D eigenvalue weighted by Crippen LogP contribution is -2.47. The highest BCUT2D eigenvalue weighted by atomic mass is 16.2. The van der Waals surface area contributed by atoms with E-state index in [1.165, 1.54) is 0 Å². The van der Waals surface area contributed by atoms with Crippen molar-refractivity contribution >= 4 is 11.8 Å². The van der Waals surface area contributed by atoms with Gasteiger partial charge in [0.25, 0.3) is 0 Å². The third-order valence-electron chi connectivity index (χ3n) is 4.82. The SMILES string of the molecule is CC/C=C\CC(=O)NCCCN1CCN(CCCNC(=O)C/C=C\CC)CC1. The molecule has 6 nitrogen and oxygen atoms in total. The van der Waals surface area contributed by atoms with Crippen LogP contribution in [0.1, 0.15) is 52.4 Å². The molecule has 0 aromatic rings. The maximum atomic E-state index is 11.6. The van der Waals surface area contributed by atoms with Crippen LogP contribution < -0.4 is 10.6 Å². The van der Waals surface area contributed by atoms with E-state index in [0.29, 0.717) is 12.8 Å². The smallest absolute Gasteiger partial charge is 0.223 e. The molecule has 1 aliphatic rings. The van der Waals surface area contributed by atoms with Crippen molar-refractivity contribution in [3.8, 4) is 0 Å². The number of nitrogens with one attached hydrogen (secondary N) is 2. The summed E-state index contributed by atoms with van der Waals surface area (Å²) in [5.74, 6) is 0.228. The van der Waals surface area contributed by atoms with Gasteiger partial charge in [-0.1, -0.05) is 38.2 Å². The van der Waals surface area contributed by atoms with Crippen LogP contribution in [-0.2, 0) is 9.59 Å². The Balaban J connectivity index is 1.99. The van der Waals surface area contributed by atoms with Gasteiger partial charge in [0.15, 0.2) is 0 Å². The molecule has 0 atom stereocenters. The summed E-state index contributed by atoms with van der Waals surface area (Å²) in [6, 6.07) is 0. The Morgan fingerprint density at radius 1 is 0.714 bits per heavy atom. The van der Waals surface area contributed by atoms with E-state index in [1.807, 2.05) is 24.3 Å². The Kier molecular flexibility index (Phi) is 14.2. The molecule has 160 valence electrons. The first kappa shape index (κ1) is 24.4. The third-order valence-corrected chi connectivity index (χ3v) is 4.82. The number of carbonyl (C=O) groups excluding carboxylic acids is 2. The number of hydrogen-bond donors (Lipinski definition) is 2. The van der Waals surface area contributed by atoms with Gasteiger partial charge in [-0.25, -0.2) is 0 Å². The number of carbonyl (C=O) groups is 2. The molecule has 0 aliphatic carbocycles. The Labute approximate surface area is 171 Å². The molecule has 0 radical (unpaired) electrons. The summed E-state index contributed by atoms with van der Waals surface area (Å²) in [5.41, 5.74) is 0. The van der Waals surface area contributed by atoms with Crippen LogP contribution in [0.25, 0.3) is 0 Å². The molecule has 0 aromatic carbocycles. The molecule has 1 aliphatic heterocycles. The maximum Gasteiger partial charge on any atom is 0.223 e. The van der Waals surface area contributed by atoms with Crippen molar-refractivity contribution in [1.29, 1.82) is 0 Å². The summed E-state index contributed by atoms with van der Waals surface area (Å²) in [6.45, 7) is 12.1. The predicted octanol–water partition coefficient (Wildman–Crippen LogP) is 2.33. The molecule has 1 saturated heterocycles. The maximum absolute atomic E-state index is 11.6. The van der Waals surface area contributed by atoms with Gasteiger partial charge in [0.05, 0.1) is 0 Å². The highest BCUT2D eigenvalue weighted by Gasteiger charge is 2.15. The Bertz CT molecular complexity index is 439. The monoisotopic (exact) mass is 392 g/mol. The number of nitrogens with zero attached hydrogens (tertiary/aromatic N) is 2. The van der Waals surface area contributed by atoms with Crippen LogP contribution >= 0.6 is 0 Å². The third kappa shape index (κ3) is 12.7. The second-order valence-electron chi connectivity index (χ2n) is 7.26. The van der Waals surface area contributed by atoms with Gasteiger partial charge in [-0.15, -0.1) is 0 Å². The lowest BCUT2D eigenvalue weighted by Gasteiger charge is -2.34. The van der Waals surface area contributed by atoms with E-state index in [4.69, 9.17) is 0 Å². The Morgan fingerprint density at radius 3 is 1.46 bits per heavy atom. The summed E-state index contributed by atoms with van der Waals surface area (Å²) in [7, 11) is 0. The first-order chi connectivity index (χ1) is 13.7. The van der Waals surface area contributed by atoms with Crippen LogP contribution in [-0.4, -0.2) is 74.0 Å². The quantitative estimate of drug-likeness (QED) is 0.352. The summed E-state index contributed by atoms with van der Waals surface area (Å²) < 4.78 is 0. The molecule has 2 amide bonds. The van der Waals surface area contributed by atoms with Crippen molar-refractivity contribution in [2.75, 3.05) is 52.4 Å². The summed E-state index contributed by atoms with van der Waals surface area (Å²) in [4.78, 5) is 28.2. The van der Waals surface area contributed by atoms with E-state index in [9.17, 15) is 9.59 Å².